The number of rotatable bonds is 20. The molecule has 4 aromatic rings. The molecular formula is C65H80N12O11. The van der Waals surface area contributed by atoms with Crippen molar-refractivity contribution in [2.24, 2.45) is 11.7 Å². The Kier molecular flexibility index (Phi) is 19.9. The van der Waals surface area contributed by atoms with Crippen molar-refractivity contribution in [3.05, 3.63) is 94.7 Å². The highest BCUT2D eigenvalue weighted by Gasteiger charge is 2.43. The van der Waals surface area contributed by atoms with Gasteiger partial charge in [-0.2, -0.15) is 4.98 Å². The molecule has 10 rings (SSSR count). The van der Waals surface area contributed by atoms with Gasteiger partial charge < -0.3 is 60.4 Å². The van der Waals surface area contributed by atoms with Crippen molar-refractivity contribution < 1.29 is 52.6 Å². The number of anilines is 5. The Morgan fingerprint density at radius 3 is 2.42 bits per heavy atom. The van der Waals surface area contributed by atoms with Crippen LogP contribution in [0.4, 0.5) is 33.6 Å². The lowest BCUT2D eigenvalue weighted by Gasteiger charge is -2.43. The maximum Gasteiger partial charge on any atom is 0.410 e. The van der Waals surface area contributed by atoms with Gasteiger partial charge in [0, 0.05) is 80.0 Å². The van der Waals surface area contributed by atoms with Crippen molar-refractivity contribution in [3.8, 4) is 17.6 Å². The van der Waals surface area contributed by atoms with E-state index in [0.29, 0.717) is 109 Å². The molecule has 8 amide bonds. The van der Waals surface area contributed by atoms with Gasteiger partial charge in [-0.05, 0) is 124 Å². The molecule has 4 fully saturated rings. The Balaban J connectivity index is 0.752. The predicted octanol–water partition coefficient (Wildman–Crippen LogP) is 6.54. The number of ether oxygens (including phenoxy) is 3. The van der Waals surface area contributed by atoms with Gasteiger partial charge in [0.15, 0.2) is 5.82 Å². The number of likely N-dealkylation sites (N-methyl/N-ethyl adjacent to an activating group) is 1. The van der Waals surface area contributed by atoms with Gasteiger partial charge in [0.1, 0.15) is 36.2 Å². The molecule has 0 spiro atoms. The van der Waals surface area contributed by atoms with Crippen LogP contribution in [0.15, 0.2) is 66.9 Å². The fourth-order valence-electron chi connectivity index (χ4n) is 12.9. The van der Waals surface area contributed by atoms with E-state index in [1.807, 2.05) is 26.8 Å². The maximum atomic E-state index is 14.1. The molecule has 6 N–H and O–H groups in total. The van der Waals surface area contributed by atoms with Crippen LogP contribution in [0.1, 0.15) is 148 Å². The van der Waals surface area contributed by atoms with Crippen LogP contribution in [0.25, 0.3) is 0 Å². The highest BCUT2D eigenvalue weighted by molar-refractivity contribution is 6.06. The van der Waals surface area contributed by atoms with E-state index in [1.54, 1.807) is 82.5 Å². The molecule has 6 aliphatic rings. The van der Waals surface area contributed by atoms with Crippen molar-refractivity contribution in [1.29, 1.82) is 0 Å². The van der Waals surface area contributed by atoms with Crippen LogP contribution >= 0.6 is 0 Å². The number of aromatic nitrogens is 2. The van der Waals surface area contributed by atoms with E-state index in [9.17, 15) is 38.4 Å². The summed E-state index contributed by atoms with van der Waals surface area (Å²) in [7, 11) is 3.30. The van der Waals surface area contributed by atoms with Crippen molar-refractivity contribution in [2.45, 2.75) is 166 Å². The van der Waals surface area contributed by atoms with E-state index in [0.717, 1.165) is 37.1 Å². The average Bonchev–Trinajstić information content (AvgIpc) is 2.57. The molecule has 2 aliphatic carbocycles. The van der Waals surface area contributed by atoms with E-state index in [2.05, 4.69) is 43.0 Å². The Morgan fingerprint density at radius 2 is 1.69 bits per heavy atom. The Hall–Kier alpha value is -8.62. The van der Waals surface area contributed by atoms with Gasteiger partial charge in [0.2, 0.25) is 35.5 Å². The number of amides is 8. The summed E-state index contributed by atoms with van der Waals surface area (Å²) in [5.74, 6) is 5.87. The molecule has 466 valence electrons. The molecule has 1 aromatic heterocycles. The monoisotopic (exact) mass is 1200 g/mol. The van der Waals surface area contributed by atoms with Crippen LogP contribution < -0.4 is 41.5 Å². The highest BCUT2D eigenvalue weighted by Crippen LogP contribution is 2.41. The van der Waals surface area contributed by atoms with Crippen molar-refractivity contribution in [3.63, 3.8) is 0 Å². The molecule has 23 nitrogen and oxygen atoms in total. The van der Waals surface area contributed by atoms with Gasteiger partial charge >= 0.3 is 6.09 Å². The van der Waals surface area contributed by atoms with Crippen molar-refractivity contribution >= 4 is 76.3 Å². The second-order valence-electron chi connectivity index (χ2n) is 23.9. The fourth-order valence-corrected chi connectivity index (χ4v) is 12.9. The van der Waals surface area contributed by atoms with Gasteiger partial charge in [-0.25, -0.2) is 9.78 Å². The van der Waals surface area contributed by atoms with Crippen LogP contribution in [0.5, 0.6) is 5.75 Å². The molecule has 0 radical (unpaired) electrons. The number of likely N-dealkylation sites (tertiary alicyclic amines) is 1. The molecule has 23 heteroatoms. The van der Waals surface area contributed by atoms with E-state index >= 15 is 0 Å². The summed E-state index contributed by atoms with van der Waals surface area (Å²) in [4.78, 5) is 124. The lowest BCUT2D eigenvalue weighted by atomic mass is 9.90. The lowest BCUT2D eigenvalue weighted by Crippen LogP contribution is -2.55. The van der Waals surface area contributed by atoms with E-state index in [-0.39, 0.29) is 111 Å². The summed E-state index contributed by atoms with van der Waals surface area (Å²) in [6.45, 7) is 7.09. The molecule has 4 aliphatic heterocycles. The molecule has 88 heavy (non-hydrogen) atoms. The molecule has 3 aromatic carbocycles. The third-order valence-electron chi connectivity index (χ3n) is 17.9. The van der Waals surface area contributed by atoms with E-state index in [1.165, 1.54) is 12.0 Å². The number of hydrogen-bond donors (Lipinski definition) is 5. The SMILES string of the molecule is CC[C@@H]1C(=O)N(C)c2cnc(Nc3ccc(C(=O)NC4CCC(N(CCOCCC#Cc5cccc6c5CN(C5CCC(=O)NC5=O)C6=O)C(=O)OCc5ccc(NC(=O)[C@@H]6CCCN6C(=O)[C@@H](N)C(C)C)cc5)CC4)cc3OC)nc2N1C1CCCC1. The van der Waals surface area contributed by atoms with Crippen LogP contribution in [0.3, 0.4) is 0 Å². The van der Waals surface area contributed by atoms with Crippen LogP contribution in [-0.4, -0.2) is 155 Å². The number of nitrogens with two attached hydrogens (primary N) is 1. The molecule has 0 bridgehead atoms. The van der Waals surface area contributed by atoms with Gasteiger partial charge in [0.05, 0.1) is 38.2 Å². The number of methoxy groups -OCH3 is 1. The molecule has 2 saturated heterocycles. The summed E-state index contributed by atoms with van der Waals surface area (Å²) in [6.07, 6.45) is 10.4. The first kappa shape index (κ1) is 62.4. The number of benzene rings is 3. The smallest absolute Gasteiger partial charge is 0.410 e. The zero-order chi connectivity index (χ0) is 62.2. The summed E-state index contributed by atoms with van der Waals surface area (Å²) in [5, 5.41) is 11.8. The fraction of sp³-hybridized carbons (Fsp3) is 0.508. The number of carbonyl (C=O) groups excluding carboxylic acids is 8. The van der Waals surface area contributed by atoms with E-state index < -0.39 is 30.1 Å². The summed E-state index contributed by atoms with van der Waals surface area (Å²) in [6, 6.07) is 14.9. The van der Waals surface area contributed by atoms with Crippen LogP contribution in [0.2, 0.25) is 0 Å². The van der Waals surface area contributed by atoms with Gasteiger partial charge in [-0.15, -0.1) is 0 Å². The Labute approximate surface area is 513 Å². The number of piperidine rings is 1. The Bertz CT molecular complexity index is 3350. The zero-order valence-corrected chi connectivity index (χ0v) is 50.8. The Morgan fingerprint density at radius 1 is 0.920 bits per heavy atom. The molecule has 1 unspecified atom stereocenters. The lowest BCUT2D eigenvalue weighted by molar-refractivity contribution is -0.138. The van der Waals surface area contributed by atoms with Crippen molar-refractivity contribution in [2.75, 3.05) is 60.9 Å². The standard InChI is InChI=1S/C65H80N12O11/c1-6-50-62(83)73(4)53-36-67-64(72-57(53)77(50)46-15-7-8-16-46)70-49-28-21-42(35-54(49)86-5)58(79)68-44-24-26-45(27-25-44)74(65(85)88-38-40-19-22-43(23-20-40)69-59(80)51-18-12-31-75(51)63(84)56(66)39(2)3)32-34-87-33-10-9-13-41-14-11-17-47-48(41)37-76(61(47)82)52-29-30-55(78)71-60(52)81/h11,14,17,19-23,28,35-36,39,44-46,50-52,56H,6-8,10,12,15-16,18,24-27,29-34,37-38,66H2,1-5H3,(H,68,79)(H,69,80)(H,67,70,72)(H,71,78,81)/t44?,45?,50-,51+,52?,56+/m1/s1. The minimum Gasteiger partial charge on any atom is -0.495 e. The van der Waals surface area contributed by atoms with E-state index in [4.69, 9.17) is 24.9 Å². The van der Waals surface area contributed by atoms with Crippen molar-refractivity contribution in [1.82, 2.24) is 35.3 Å². The number of fused-ring (bicyclic) bond motifs is 2. The average molecular weight is 1210 g/mol. The first-order chi connectivity index (χ1) is 42.5. The topological polar surface area (TPSA) is 280 Å². The first-order valence-corrected chi connectivity index (χ1v) is 30.9. The molecule has 2 saturated carbocycles. The molecule has 4 atom stereocenters. The second kappa shape index (κ2) is 28.0. The number of hydrogen-bond acceptors (Lipinski definition) is 16. The van der Waals surface area contributed by atoms with Crippen LogP contribution in [-0.2, 0) is 46.6 Å². The summed E-state index contributed by atoms with van der Waals surface area (Å²) >= 11 is 0. The minimum absolute atomic E-state index is 0.0342. The van der Waals surface area contributed by atoms with Gasteiger partial charge in [0.25, 0.3) is 11.8 Å². The normalized spacial score (nSPS) is 21.3. The number of imide groups is 1. The molecule has 5 heterocycles. The highest BCUT2D eigenvalue weighted by atomic mass is 16.6. The first-order valence-electron chi connectivity index (χ1n) is 30.9. The summed E-state index contributed by atoms with van der Waals surface area (Å²) in [5.41, 5.74) is 10.9. The van der Waals surface area contributed by atoms with Crippen LogP contribution in [0, 0.1) is 17.8 Å². The third-order valence-corrected chi connectivity index (χ3v) is 17.9. The zero-order valence-electron chi connectivity index (χ0n) is 50.8. The second-order valence-corrected chi connectivity index (χ2v) is 23.9. The quantitative estimate of drug-likeness (QED) is 0.0357. The maximum absolute atomic E-state index is 14.1. The van der Waals surface area contributed by atoms with Gasteiger partial charge in [-0.3, -0.25) is 38.9 Å². The third kappa shape index (κ3) is 13.9. The summed E-state index contributed by atoms with van der Waals surface area (Å²) < 4.78 is 17.8. The largest absolute Gasteiger partial charge is 0.495 e. The minimum atomic E-state index is -0.731. The number of nitrogens with zero attached hydrogens (tertiary/aromatic N) is 7. The number of nitrogens with one attached hydrogen (secondary N) is 4. The molecular weight excluding hydrogens is 1120 g/mol. The van der Waals surface area contributed by atoms with Gasteiger partial charge in [-0.1, -0.05) is 63.7 Å². The predicted molar refractivity (Wildman–Crippen MR) is 328 cm³/mol. The number of carbonyl (C=O) groups is 8.